The first-order chi connectivity index (χ1) is 10.1. The van der Waals surface area contributed by atoms with Crippen LogP contribution in [0.4, 0.5) is 0 Å². The average Bonchev–Trinajstić information content (AvgIpc) is 2.97. The van der Waals surface area contributed by atoms with E-state index in [1.54, 1.807) is 0 Å². The lowest BCUT2D eigenvalue weighted by Gasteiger charge is -2.30. The maximum atomic E-state index is 10.1. The Morgan fingerprint density at radius 2 is 1.90 bits per heavy atom. The number of hydrogen-bond donors (Lipinski definition) is 2. The van der Waals surface area contributed by atoms with Crippen molar-refractivity contribution < 1.29 is 9.84 Å². The molecule has 0 radical (unpaired) electrons. The van der Waals surface area contributed by atoms with Crippen molar-refractivity contribution in [2.24, 2.45) is 5.92 Å². The Kier molecular flexibility index (Phi) is 7.44. The van der Waals surface area contributed by atoms with Crippen molar-refractivity contribution in [2.45, 2.75) is 70.6 Å². The summed E-state index contributed by atoms with van der Waals surface area (Å²) in [6.07, 6.45) is 7.68. The predicted octanol–water partition coefficient (Wildman–Crippen LogP) is 2.02. The van der Waals surface area contributed by atoms with E-state index in [2.05, 4.69) is 24.1 Å². The van der Waals surface area contributed by atoms with Crippen molar-refractivity contribution in [2.75, 3.05) is 32.8 Å². The Bertz CT molecular complexity index is 282. The first kappa shape index (κ1) is 17.2. The summed E-state index contributed by atoms with van der Waals surface area (Å²) in [5.41, 5.74) is 0. The van der Waals surface area contributed by atoms with E-state index >= 15 is 0 Å². The third-order valence-corrected chi connectivity index (χ3v) is 4.97. The van der Waals surface area contributed by atoms with Gasteiger partial charge in [0.2, 0.25) is 0 Å². The average molecular weight is 298 g/mol. The molecule has 1 saturated carbocycles. The number of nitrogens with one attached hydrogen (secondary N) is 1. The molecular weight excluding hydrogens is 264 g/mol. The molecular formula is C17H34N2O2. The van der Waals surface area contributed by atoms with E-state index in [4.69, 9.17) is 4.74 Å². The third-order valence-electron chi connectivity index (χ3n) is 4.97. The van der Waals surface area contributed by atoms with Gasteiger partial charge in [-0.05, 0) is 51.6 Å². The van der Waals surface area contributed by atoms with Crippen LogP contribution in [0.5, 0.6) is 0 Å². The molecule has 0 aromatic carbocycles. The minimum atomic E-state index is -0.389. The van der Waals surface area contributed by atoms with E-state index in [1.165, 1.54) is 45.2 Å². The molecule has 4 nitrogen and oxygen atoms in total. The van der Waals surface area contributed by atoms with Crippen molar-refractivity contribution in [3.8, 4) is 0 Å². The predicted molar refractivity (Wildman–Crippen MR) is 86.5 cm³/mol. The van der Waals surface area contributed by atoms with Gasteiger partial charge in [0.1, 0.15) is 0 Å². The van der Waals surface area contributed by atoms with Gasteiger partial charge >= 0.3 is 0 Å². The maximum absolute atomic E-state index is 10.1. The minimum absolute atomic E-state index is 0.357. The Morgan fingerprint density at radius 3 is 2.62 bits per heavy atom. The van der Waals surface area contributed by atoms with Gasteiger partial charge in [-0.15, -0.1) is 0 Å². The van der Waals surface area contributed by atoms with Crippen LogP contribution in [-0.4, -0.2) is 61.0 Å². The number of aliphatic hydroxyl groups excluding tert-OH is 1. The topological polar surface area (TPSA) is 44.7 Å². The van der Waals surface area contributed by atoms with Gasteiger partial charge in [-0.2, -0.15) is 0 Å². The first-order valence-electron chi connectivity index (χ1n) is 8.90. The fraction of sp³-hybridized carbons (Fsp3) is 1.00. The zero-order valence-electron chi connectivity index (χ0n) is 13.9. The molecule has 4 heteroatoms. The zero-order valence-corrected chi connectivity index (χ0v) is 13.9. The number of aliphatic hydroxyl groups is 1. The molecule has 4 unspecified atom stereocenters. The fourth-order valence-electron chi connectivity index (χ4n) is 3.58. The summed E-state index contributed by atoms with van der Waals surface area (Å²) >= 11 is 0. The molecule has 0 aromatic heterocycles. The van der Waals surface area contributed by atoms with Gasteiger partial charge in [0.25, 0.3) is 0 Å². The third kappa shape index (κ3) is 6.23. The highest BCUT2D eigenvalue weighted by molar-refractivity contribution is 4.75. The van der Waals surface area contributed by atoms with Crippen LogP contribution in [0.2, 0.25) is 0 Å². The Balaban J connectivity index is 1.55. The van der Waals surface area contributed by atoms with Crippen molar-refractivity contribution in [3.63, 3.8) is 0 Å². The first-order valence-corrected chi connectivity index (χ1v) is 8.90. The van der Waals surface area contributed by atoms with Crippen LogP contribution in [0.3, 0.4) is 0 Å². The van der Waals surface area contributed by atoms with Crippen LogP contribution in [-0.2, 0) is 4.74 Å². The second kappa shape index (κ2) is 9.09. The highest BCUT2D eigenvalue weighted by atomic mass is 16.5. The molecule has 21 heavy (non-hydrogen) atoms. The molecule has 2 N–H and O–H groups in total. The SMILES string of the molecule is CC(CN1CCCC1)NCC(O)COC1CCCCC1C. The molecule has 2 rings (SSSR count). The molecule has 0 aromatic rings. The van der Waals surface area contributed by atoms with Gasteiger partial charge in [-0.25, -0.2) is 0 Å². The highest BCUT2D eigenvalue weighted by Gasteiger charge is 2.22. The molecule has 2 aliphatic rings. The number of nitrogens with zero attached hydrogens (tertiary/aromatic N) is 1. The summed E-state index contributed by atoms with van der Waals surface area (Å²) in [6, 6.07) is 0.436. The summed E-state index contributed by atoms with van der Waals surface area (Å²) in [7, 11) is 0. The lowest BCUT2D eigenvalue weighted by Crippen LogP contribution is -2.42. The molecule has 1 heterocycles. The summed E-state index contributed by atoms with van der Waals surface area (Å²) < 4.78 is 5.92. The Morgan fingerprint density at radius 1 is 1.19 bits per heavy atom. The van der Waals surface area contributed by atoms with Crippen molar-refractivity contribution in [1.82, 2.24) is 10.2 Å². The van der Waals surface area contributed by atoms with Crippen LogP contribution in [0.15, 0.2) is 0 Å². The second-order valence-electron chi connectivity index (χ2n) is 7.10. The van der Waals surface area contributed by atoms with E-state index < -0.39 is 0 Å². The number of likely N-dealkylation sites (tertiary alicyclic amines) is 1. The monoisotopic (exact) mass is 298 g/mol. The summed E-state index contributed by atoms with van der Waals surface area (Å²) in [5.74, 6) is 0.646. The molecule has 1 aliphatic heterocycles. The molecule has 1 aliphatic carbocycles. The molecule has 0 amide bonds. The van der Waals surface area contributed by atoms with Crippen LogP contribution < -0.4 is 5.32 Å². The smallest absolute Gasteiger partial charge is 0.0897 e. The van der Waals surface area contributed by atoms with Crippen molar-refractivity contribution in [3.05, 3.63) is 0 Å². The van der Waals surface area contributed by atoms with Gasteiger partial charge < -0.3 is 20.1 Å². The van der Waals surface area contributed by atoms with E-state index in [-0.39, 0.29) is 6.10 Å². The largest absolute Gasteiger partial charge is 0.389 e. The lowest BCUT2D eigenvalue weighted by atomic mass is 9.88. The van der Waals surface area contributed by atoms with Gasteiger partial charge in [0.05, 0.1) is 18.8 Å². The van der Waals surface area contributed by atoms with Gasteiger partial charge in [-0.1, -0.05) is 19.8 Å². The zero-order chi connectivity index (χ0) is 15.1. The van der Waals surface area contributed by atoms with Gasteiger partial charge in [-0.3, -0.25) is 0 Å². The normalized spacial score (nSPS) is 30.4. The van der Waals surface area contributed by atoms with E-state index in [0.717, 1.165) is 13.0 Å². The van der Waals surface area contributed by atoms with Crippen molar-refractivity contribution in [1.29, 1.82) is 0 Å². The molecule has 0 bridgehead atoms. The number of hydrogen-bond acceptors (Lipinski definition) is 4. The lowest BCUT2D eigenvalue weighted by molar-refractivity contribution is -0.0456. The molecule has 124 valence electrons. The number of ether oxygens (including phenoxy) is 1. The summed E-state index contributed by atoms with van der Waals surface area (Å²) in [5, 5.41) is 13.5. The minimum Gasteiger partial charge on any atom is -0.389 e. The Hall–Kier alpha value is -0.160. The molecule has 4 atom stereocenters. The van der Waals surface area contributed by atoms with E-state index in [9.17, 15) is 5.11 Å². The van der Waals surface area contributed by atoms with Crippen LogP contribution in [0.25, 0.3) is 0 Å². The fourth-order valence-corrected chi connectivity index (χ4v) is 3.58. The van der Waals surface area contributed by atoms with Crippen LogP contribution in [0.1, 0.15) is 52.4 Å². The second-order valence-corrected chi connectivity index (χ2v) is 7.10. The quantitative estimate of drug-likeness (QED) is 0.719. The molecule has 2 fully saturated rings. The summed E-state index contributed by atoms with van der Waals surface area (Å²) in [4.78, 5) is 2.50. The van der Waals surface area contributed by atoms with Crippen LogP contribution in [0, 0.1) is 5.92 Å². The van der Waals surface area contributed by atoms with Crippen molar-refractivity contribution >= 4 is 0 Å². The van der Waals surface area contributed by atoms with Gasteiger partial charge in [0, 0.05) is 19.1 Å². The molecule has 1 saturated heterocycles. The highest BCUT2D eigenvalue weighted by Crippen LogP contribution is 2.26. The van der Waals surface area contributed by atoms with E-state index in [1.807, 2.05) is 0 Å². The maximum Gasteiger partial charge on any atom is 0.0897 e. The molecule has 0 spiro atoms. The van der Waals surface area contributed by atoms with E-state index in [0.29, 0.717) is 31.2 Å². The standard InChI is InChI=1S/C17H34N2O2/c1-14-7-3-4-8-17(14)21-13-16(20)11-18-15(2)12-19-9-5-6-10-19/h14-18,20H,3-13H2,1-2H3. The Labute approximate surface area is 130 Å². The summed E-state index contributed by atoms with van der Waals surface area (Å²) in [6.45, 7) is 9.14. The van der Waals surface area contributed by atoms with Crippen LogP contribution >= 0.6 is 0 Å². The number of rotatable bonds is 8. The van der Waals surface area contributed by atoms with Gasteiger partial charge in [0.15, 0.2) is 0 Å².